The lowest BCUT2D eigenvalue weighted by molar-refractivity contribution is -0.286. The number of methoxy groups -OCH3 is 1. The molecule has 2 unspecified atom stereocenters. The van der Waals surface area contributed by atoms with E-state index in [1.807, 2.05) is 0 Å². The number of amides is 1. The smallest absolute Gasteiger partial charge is 0.490 e. The Kier molecular flexibility index (Phi) is 6.89. The third kappa shape index (κ3) is 5.36. The van der Waals surface area contributed by atoms with Gasteiger partial charge in [-0.05, 0) is 67.9 Å². The van der Waals surface area contributed by atoms with Crippen LogP contribution in [0.5, 0.6) is 23.0 Å². The maximum atomic E-state index is 13.8. The fraction of sp³-hybridized carbons (Fsp3) is 0.517. The van der Waals surface area contributed by atoms with Crippen molar-refractivity contribution in [1.29, 1.82) is 0 Å². The molecular weight excluding hydrogens is 550 g/mol. The Balaban J connectivity index is 1.25. The van der Waals surface area contributed by atoms with E-state index in [1.165, 1.54) is 31.4 Å². The number of alkyl halides is 4. The SMILES string of the molecule is COC(=O)C1CCCC([C@H]2C[C@@H](NC(=O)C3(c4ccc5c(c4)OC(F)(F)O5)CC3)c3ccc(OC(F)F)cc3O2)C1. The molecule has 2 aliphatic heterocycles. The van der Waals surface area contributed by atoms with Crippen molar-refractivity contribution in [1.82, 2.24) is 5.32 Å². The van der Waals surface area contributed by atoms with Gasteiger partial charge in [0.15, 0.2) is 11.5 Å². The van der Waals surface area contributed by atoms with Crippen LogP contribution in [0, 0.1) is 11.8 Å². The third-order valence-electron chi connectivity index (χ3n) is 8.55. The van der Waals surface area contributed by atoms with Crippen LogP contribution in [0.1, 0.15) is 62.1 Å². The maximum Gasteiger partial charge on any atom is 0.586 e. The third-order valence-corrected chi connectivity index (χ3v) is 8.55. The lowest BCUT2D eigenvalue weighted by atomic mass is 9.76. The first kappa shape index (κ1) is 27.5. The maximum absolute atomic E-state index is 13.8. The van der Waals surface area contributed by atoms with Crippen LogP contribution in [0.15, 0.2) is 36.4 Å². The van der Waals surface area contributed by atoms with Crippen molar-refractivity contribution in [3.8, 4) is 23.0 Å². The quantitative estimate of drug-likeness (QED) is 0.336. The molecule has 220 valence electrons. The highest BCUT2D eigenvalue weighted by atomic mass is 19.3. The van der Waals surface area contributed by atoms with Crippen molar-refractivity contribution in [2.45, 2.75) is 75.4 Å². The number of benzene rings is 2. The molecule has 2 aromatic carbocycles. The molecule has 2 fully saturated rings. The molecule has 2 saturated carbocycles. The summed E-state index contributed by atoms with van der Waals surface area (Å²) in [7, 11) is 1.36. The molecule has 0 aromatic heterocycles. The van der Waals surface area contributed by atoms with Crippen molar-refractivity contribution in [3.63, 3.8) is 0 Å². The van der Waals surface area contributed by atoms with E-state index in [0.29, 0.717) is 49.0 Å². The Bertz CT molecular complexity index is 1350. The Morgan fingerprint density at radius 3 is 2.51 bits per heavy atom. The van der Waals surface area contributed by atoms with Gasteiger partial charge in [-0.25, -0.2) is 0 Å². The monoisotopic (exact) mass is 579 g/mol. The van der Waals surface area contributed by atoms with Gasteiger partial charge in [-0.1, -0.05) is 12.5 Å². The number of hydrogen-bond donors (Lipinski definition) is 1. The number of carbonyl (C=O) groups excluding carboxylic acids is 2. The number of hydrogen-bond acceptors (Lipinski definition) is 7. The second kappa shape index (κ2) is 10.3. The molecule has 6 rings (SSSR count). The van der Waals surface area contributed by atoms with Crippen LogP contribution >= 0.6 is 0 Å². The zero-order chi connectivity index (χ0) is 28.9. The molecule has 1 amide bonds. The molecule has 1 N–H and O–H groups in total. The molecule has 0 saturated heterocycles. The van der Waals surface area contributed by atoms with Crippen LogP contribution < -0.4 is 24.3 Å². The van der Waals surface area contributed by atoms with E-state index in [9.17, 15) is 27.2 Å². The standard InChI is InChI=1S/C29H29F4NO7/c1-37-25(35)16-4-2-3-15(11-16)22-14-20(19-7-6-18(38-27(30)31)13-23(19)39-22)34-26(36)28(9-10-28)17-5-8-21-24(12-17)41-29(32,33)40-21/h5-8,12-13,15-16,20,22,27H,2-4,9-11,14H2,1H3,(H,34,36)/t15?,16?,20-,22-/m1/s1. The molecule has 0 bridgehead atoms. The van der Waals surface area contributed by atoms with E-state index in [0.717, 1.165) is 12.8 Å². The fourth-order valence-electron chi connectivity index (χ4n) is 6.34. The van der Waals surface area contributed by atoms with E-state index in [4.69, 9.17) is 9.47 Å². The average Bonchev–Trinajstić information content (AvgIpc) is 3.69. The summed E-state index contributed by atoms with van der Waals surface area (Å²) in [5.74, 6) is -0.840. The van der Waals surface area contributed by atoms with Crippen molar-refractivity contribution in [2.75, 3.05) is 7.11 Å². The van der Waals surface area contributed by atoms with Gasteiger partial charge in [0, 0.05) is 18.1 Å². The van der Waals surface area contributed by atoms with Crippen LogP contribution in [-0.2, 0) is 19.7 Å². The van der Waals surface area contributed by atoms with Gasteiger partial charge in [0.1, 0.15) is 17.6 Å². The Hall–Kier alpha value is -3.70. The molecule has 4 aliphatic rings. The molecule has 8 nitrogen and oxygen atoms in total. The number of fused-ring (bicyclic) bond motifs is 2. The van der Waals surface area contributed by atoms with Gasteiger partial charge in [0.2, 0.25) is 5.91 Å². The van der Waals surface area contributed by atoms with E-state index < -0.39 is 30.5 Å². The first-order valence-electron chi connectivity index (χ1n) is 13.6. The summed E-state index contributed by atoms with van der Waals surface area (Å²) in [6.07, 6.45) is 0.121. The van der Waals surface area contributed by atoms with E-state index in [2.05, 4.69) is 19.5 Å². The second-order valence-electron chi connectivity index (χ2n) is 11.1. The fourth-order valence-corrected chi connectivity index (χ4v) is 6.34. The lowest BCUT2D eigenvalue weighted by Gasteiger charge is -2.40. The molecule has 4 atom stereocenters. The minimum absolute atomic E-state index is 0.0227. The largest absolute Gasteiger partial charge is 0.586 e. The molecular formula is C29H29F4NO7. The Morgan fingerprint density at radius 2 is 1.78 bits per heavy atom. The molecule has 2 aromatic rings. The number of esters is 1. The number of rotatable bonds is 7. The minimum atomic E-state index is -3.76. The summed E-state index contributed by atoms with van der Waals surface area (Å²) >= 11 is 0. The summed E-state index contributed by atoms with van der Waals surface area (Å²) in [5.41, 5.74) is 0.217. The molecule has 41 heavy (non-hydrogen) atoms. The normalized spacial score (nSPS) is 26.9. The Morgan fingerprint density at radius 1 is 1.00 bits per heavy atom. The first-order valence-corrected chi connectivity index (χ1v) is 13.6. The number of carbonyl (C=O) groups is 2. The highest BCUT2D eigenvalue weighted by Gasteiger charge is 2.53. The summed E-state index contributed by atoms with van der Waals surface area (Å²) in [4.78, 5) is 26.0. The van der Waals surface area contributed by atoms with Gasteiger partial charge in [0.25, 0.3) is 0 Å². The van der Waals surface area contributed by atoms with Crippen LogP contribution in [-0.4, -0.2) is 38.0 Å². The minimum Gasteiger partial charge on any atom is -0.490 e. The summed E-state index contributed by atoms with van der Waals surface area (Å²) in [6, 6.07) is 8.21. The van der Waals surface area contributed by atoms with Gasteiger partial charge in [-0.15, -0.1) is 8.78 Å². The zero-order valence-electron chi connectivity index (χ0n) is 22.2. The topological polar surface area (TPSA) is 92.3 Å². The van der Waals surface area contributed by atoms with Crippen molar-refractivity contribution in [3.05, 3.63) is 47.5 Å². The average molecular weight is 580 g/mol. The highest BCUT2D eigenvalue weighted by Crippen LogP contribution is 2.53. The molecule has 12 heteroatoms. The highest BCUT2D eigenvalue weighted by molar-refractivity contribution is 5.92. The van der Waals surface area contributed by atoms with Crippen LogP contribution in [0.4, 0.5) is 17.6 Å². The molecule has 0 spiro atoms. The van der Waals surface area contributed by atoms with Crippen molar-refractivity contribution in [2.24, 2.45) is 11.8 Å². The zero-order valence-corrected chi connectivity index (χ0v) is 22.2. The summed E-state index contributed by atoms with van der Waals surface area (Å²) in [6.45, 7) is -3.02. The summed E-state index contributed by atoms with van der Waals surface area (Å²) < 4.78 is 77.8. The van der Waals surface area contributed by atoms with Crippen LogP contribution in [0.2, 0.25) is 0 Å². The van der Waals surface area contributed by atoms with Gasteiger partial charge in [-0.3, -0.25) is 9.59 Å². The van der Waals surface area contributed by atoms with Crippen LogP contribution in [0.3, 0.4) is 0 Å². The number of nitrogens with one attached hydrogen (secondary N) is 1. The van der Waals surface area contributed by atoms with Gasteiger partial charge < -0.3 is 29.0 Å². The van der Waals surface area contributed by atoms with E-state index in [1.54, 1.807) is 12.1 Å². The second-order valence-corrected chi connectivity index (χ2v) is 11.1. The molecule has 2 heterocycles. The Labute approximate surface area is 233 Å². The lowest BCUT2D eigenvalue weighted by Crippen LogP contribution is -2.44. The van der Waals surface area contributed by atoms with Crippen LogP contribution in [0.25, 0.3) is 0 Å². The van der Waals surface area contributed by atoms with Gasteiger partial charge >= 0.3 is 18.9 Å². The van der Waals surface area contributed by atoms with Crippen molar-refractivity contribution < 1.29 is 50.8 Å². The number of halogens is 4. The predicted octanol–water partition coefficient (Wildman–Crippen LogP) is 5.63. The first-order chi connectivity index (χ1) is 19.6. The van der Waals surface area contributed by atoms with E-state index in [-0.39, 0.29) is 41.0 Å². The van der Waals surface area contributed by atoms with Crippen molar-refractivity contribution >= 4 is 11.9 Å². The van der Waals surface area contributed by atoms with E-state index >= 15 is 0 Å². The summed E-state index contributed by atoms with van der Waals surface area (Å²) in [5, 5.41) is 3.12. The number of ether oxygens (including phenoxy) is 5. The molecule has 0 radical (unpaired) electrons. The van der Waals surface area contributed by atoms with Gasteiger partial charge in [0.05, 0.1) is 24.5 Å². The van der Waals surface area contributed by atoms with Gasteiger partial charge in [-0.2, -0.15) is 8.78 Å². The molecule has 2 aliphatic carbocycles. The predicted molar refractivity (Wildman–Crippen MR) is 134 cm³/mol.